The summed E-state index contributed by atoms with van der Waals surface area (Å²) in [4.78, 5) is 11.8. The Bertz CT molecular complexity index is 292. The predicted molar refractivity (Wildman–Crippen MR) is 48.0 cm³/mol. The van der Waals surface area contributed by atoms with Crippen molar-refractivity contribution in [3.8, 4) is 0 Å². The van der Waals surface area contributed by atoms with Gasteiger partial charge in [-0.3, -0.25) is 10.0 Å². The first-order valence-corrected chi connectivity index (χ1v) is 4.91. The molecule has 2 atom stereocenters. The fourth-order valence-corrected chi connectivity index (χ4v) is 2.20. The molecule has 0 radical (unpaired) electrons. The summed E-state index contributed by atoms with van der Waals surface area (Å²) in [6.45, 7) is 3.07. The first-order chi connectivity index (χ1) is 6.91. The Balaban J connectivity index is 2.34. The van der Waals surface area contributed by atoms with Crippen LogP contribution in [0.1, 0.15) is 20.3 Å². The van der Waals surface area contributed by atoms with Crippen molar-refractivity contribution >= 4 is 5.91 Å². The number of rotatable bonds is 1. The normalized spacial score (nSPS) is 39.3. The fourth-order valence-electron chi connectivity index (χ4n) is 2.20. The molecule has 2 heterocycles. The third kappa shape index (κ3) is 1.45. The van der Waals surface area contributed by atoms with Gasteiger partial charge in [-0.15, -0.1) is 0 Å². The zero-order valence-corrected chi connectivity index (χ0v) is 8.77. The van der Waals surface area contributed by atoms with E-state index in [1.54, 1.807) is 13.8 Å². The molecule has 2 aliphatic heterocycles. The van der Waals surface area contributed by atoms with E-state index in [2.05, 4.69) is 0 Å². The maximum Gasteiger partial charge on any atom is 0.283 e. The van der Waals surface area contributed by atoms with Gasteiger partial charge in [0.1, 0.15) is 6.10 Å². The summed E-state index contributed by atoms with van der Waals surface area (Å²) < 4.78 is 11.0. The summed E-state index contributed by atoms with van der Waals surface area (Å²) >= 11 is 0. The molecule has 0 spiro atoms. The van der Waals surface area contributed by atoms with Crippen LogP contribution in [0.15, 0.2) is 0 Å². The third-order valence-electron chi connectivity index (χ3n) is 2.81. The number of ether oxygens (including phenoxy) is 2. The van der Waals surface area contributed by atoms with Gasteiger partial charge in [0.15, 0.2) is 5.79 Å². The van der Waals surface area contributed by atoms with Gasteiger partial charge in [-0.2, -0.15) is 0 Å². The van der Waals surface area contributed by atoms with Gasteiger partial charge in [0.2, 0.25) is 5.60 Å². The minimum absolute atomic E-state index is 0.199. The maximum absolute atomic E-state index is 11.8. The summed E-state index contributed by atoms with van der Waals surface area (Å²) in [6.07, 6.45) is -0.0416. The van der Waals surface area contributed by atoms with Crippen LogP contribution in [-0.4, -0.2) is 51.9 Å². The van der Waals surface area contributed by atoms with E-state index in [1.807, 2.05) is 0 Å². The van der Waals surface area contributed by atoms with Crippen molar-refractivity contribution in [2.45, 2.75) is 37.8 Å². The Morgan fingerprint density at radius 3 is 2.87 bits per heavy atom. The number of hydroxylamine groups is 2. The Labute approximate surface area is 87.3 Å². The fraction of sp³-hybridized carbons (Fsp3) is 0.889. The van der Waals surface area contributed by atoms with Crippen LogP contribution in [0.2, 0.25) is 0 Å². The first kappa shape index (κ1) is 10.8. The lowest BCUT2D eigenvalue weighted by Crippen LogP contribution is -2.61. The first-order valence-electron chi connectivity index (χ1n) is 4.91. The molecule has 0 aromatic heterocycles. The number of nitrogens with zero attached hydrogens (tertiary/aromatic N) is 1. The Morgan fingerprint density at radius 2 is 2.27 bits per heavy atom. The molecular weight excluding hydrogens is 202 g/mol. The van der Waals surface area contributed by atoms with Crippen LogP contribution < -0.4 is 0 Å². The van der Waals surface area contributed by atoms with Crippen LogP contribution in [0.4, 0.5) is 0 Å². The number of hydrogen-bond acceptors (Lipinski definition) is 5. The Morgan fingerprint density at radius 1 is 1.60 bits per heavy atom. The Hall–Kier alpha value is -0.690. The number of aliphatic hydroxyl groups excluding tert-OH is 1. The molecule has 1 amide bonds. The van der Waals surface area contributed by atoms with E-state index in [1.165, 1.54) is 0 Å². The molecule has 0 aromatic rings. The molecule has 0 aliphatic carbocycles. The van der Waals surface area contributed by atoms with E-state index in [0.717, 1.165) is 0 Å². The standard InChI is InChI=1S/C9H15NO5/c1-8(2)14-6-3-4-10(13)7(12)9(6,5-11)15-8/h6,11,13H,3-5H2,1-2H3. The van der Waals surface area contributed by atoms with Crippen LogP contribution in [0.25, 0.3) is 0 Å². The van der Waals surface area contributed by atoms with Gasteiger partial charge >= 0.3 is 0 Å². The molecule has 15 heavy (non-hydrogen) atoms. The summed E-state index contributed by atoms with van der Waals surface area (Å²) in [5.41, 5.74) is -1.43. The SMILES string of the molecule is CC1(C)OC2CCN(O)C(=O)C2(CO)O1. The van der Waals surface area contributed by atoms with Crippen molar-refractivity contribution in [2.24, 2.45) is 0 Å². The van der Waals surface area contributed by atoms with Crippen molar-refractivity contribution in [3.05, 3.63) is 0 Å². The highest BCUT2D eigenvalue weighted by Gasteiger charge is 2.61. The second kappa shape index (κ2) is 3.15. The Kier molecular flexibility index (Phi) is 2.27. The number of carbonyl (C=O) groups is 1. The van der Waals surface area contributed by atoms with Crippen LogP contribution in [0.3, 0.4) is 0 Å². The summed E-state index contributed by atoms with van der Waals surface area (Å²) in [7, 11) is 0. The monoisotopic (exact) mass is 217 g/mol. The molecule has 2 aliphatic rings. The minimum atomic E-state index is -1.43. The van der Waals surface area contributed by atoms with E-state index >= 15 is 0 Å². The van der Waals surface area contributed by atoms with Gasteiger partial charge in [0, 0.05) is 0 Å². The van der Waals surface area contributed by atoms with Crippen molar-refractivity contribution in [3.63, 3.8) is 0 Å². The zero-order valence-electron chi connectivity index (χ0n) is 8.77. The number of fused-ring (bicyclic) bond motifs is 1. The summed E-state index contributed by atoms with van der Waals surface area (Å²) in [5.74, 6) is -1.54. The lowest BCUT2D eigenvalue weighted by Gasteiger charge is -2.36. The van der Waals surface area contributed by atoms with Gasteiger partial charge in [0.05, 0.1) is 13.2 Å². The number of hydrogen-bond donors (Lipinski definition) is 2. The largest absolute Gasteiger partial charge is 0.393 e. The lowest BCUT2D eigenvalue weighted by atomic mass is 9.90. The van der Waals surface area contributed by atoms with Gasteiger partial charge < -0.3 is 14.6 Å². The quantitative estimate of drug-likeness (QED) is 0.578. The topological polar surface area (TPSA) is 79.2 Å². The number of carbonyl (C=O) groups excluding carboxylic acids is 1. The second-order valence-electron chi connectivity index (χ2n) is 4.37. The van der Waals surface area contributed by atoms with E-state index < -0.39 is 30.0 Å². The molecule has 6 nitrogen and oxygen atoms in total. The van der Waals surface area contributed by atoms with Gasteiger partial charge in [-0.1, -0.05) is 0 Å². The van der Waals surface area contributed by atoms with Crippen molar-refractivity contribution in [1.29, 1.82) is 0 Å². The van der Waals surface area contributed by atoms with E-state index in [9.17, 15) is 15.1 Å². The molecule has 86 valence electrons. The molecule has 2 unspecified atom stereocenters. The molecule has 6 heteroatoms. The molecule has 0 aromatic carbocycles. The maximum atomic E-state index is 11.8. The van der Waals surface area contributed by atoms with E-state index in [0.29, 0.717) is 11.5 Å². The number of amides is 1. The molecular formula is C9H15NO5. The van der Waals surface area contributed by atoms with Crippen LogP contribution in [0.5, 0.6) is 0 Å². The van der Waals surface area contributed by atoms with Gasteiger partial charge in [0.25, 0.3) is 5.91 Å². The van der Waals surface area contributed by atoms with Crippen molar-refractivity contribution in [1.82, 2.24) is 5.06 Å². The van der Waals surface area contributed by atoms with Crippen molar-refractivity contribution < 1.29 is 24.6 Å². The molecule has 2 fully saturated rings. The highest BCUT2D eigenvalue weighted by molar-refractivity contribution is 5.86. The van der Waals surface area contributed by atoms with Crippen molar-refractivity contribution in [2.75, 3.05) is 13.2 Å². The number of piperidine rings is 1. The smallest absolute Gasteiger partial charge is 0.283 e. The van der Waals surface area contributed by atoms with Crippen LogP contribution in [-0.2, 0) is 14.3 Å². The highest BCUT2D eigenvalue weighted by Crippen LogP contribution is 2.41. The third-order valence-corrected chi connectivity index (χ3v) is 2.81. The second-order valence-corrected chi connectivity index (χ2v) is 4.37. The van der Waals surface area contributed by atoms with Gasteiger partial charge in [-0.05, 0) is 20.3 Å². The van der Waals surface area contributed by atoms with E-state index in [-0.39, 0.29) is 6.54 Å². The van der Waals surface area contributed by atoms with Gasteiger partial charge in [-0.25, -0.2) is 5.06 Å². The highest BCUT2D eigenvalue weighted by atomic mass is 16.8. The summed E-state index contributed by atoms with van der Waals surface area (Å²) in [5, 5.41) is 19.2. The average molecular weight is 217 g/mol. The molecule has 2 rings (SSSR count). The lowest BCUT2D eigenvalue weighted by molar-refractivity contribution is -0.211. The average Bonchev–Trinajstić information content (AvgIpc) is 2.45. The molecule has 0 bridgehead atoms. The number of aliphatic hydroxyl groups is 1. The van der Waals surface area contributed by atoms with Crippen LogP contribution >= 0.6 is 0 Å². The zero-order chi connectivity index (χ0) is 11.3. The minimum Gasteiger partial charge on any atom is -0.393 e. The summed E-state index contributed by atoms with van der Waals surface area (Å²) in [6, 6.07) is 0. The van der Waals surface area contributed by atoms with E-state index in [4.69, 9.17) is 9.47 Å². The predicted octanol–water partition coefficient (Wildman–Crippen LogP) is -0.510. The molecule has 0 saturated carbocycles. The molecule has 2 saturated heterocycles. The van der Waals surface area contributed by atoms with Crippen LogP contribution in [0, 0.1) is 0 Å². The molecule has 2 N–H and O–H groups in total.